The van der Waals surface area contributed by atoms with Crippen LogP contribution in [0.3, 0.4) is 0 Å². The van der Waals surface area contributed by atoms with Crippen molar-refractivity contribution in [1.29, 1.82) is 0 Å². The summed E-state index contributed by atoms with van der Waals surface area (Å²) in [5, 5.41) is 9.39. The number of hydrogen-bond acceptors (Lipinski definition) is 8. The van der Waals surface area contributed by atoms with E-state index in [9.17, 15) is 18.4 Å². The average Bonchev–Trinajstić information content (AvgIpc) is 3.73. The van der Waals surface area contributed by atoms with Crippen LogP contribution in [0.15, 0.2) is 61.4 Å². The molecule has 0 bridgehead atoms. The van der Waals surface area contributed by atoms with Crippen molar-refractivity contribution in [3.8, 4) is 44.8 Å². The van der Waals surface area contributed by atoms with E-state index in [1.807, 2.05) is 34.3 Å². The summed E-state index contributed by atoms with van der Waals surface area (Å²) in [5.74, 6) is 1.37. The predicted molar refractivity (Wildman–Crippen MR) is 270 cm³/mol. The zero-order chi connectivity index (χ0) is 48.9. The molecule has 12 nitrogen and oxygen atoms in total. The normalized spacial score (nSPS) is 22.3. The Morgan fingerprint density at radius 1 is 0.542 bits per heavy atom. The molecule has 2 atom stereocenters. The van der Waals surface area contributed by atoms with Crippen LogP contribution in [0.25, 0.3) is 44.8 Å². The maximum Gasteiger partial charge on any atom is 0.256 e. The number of aryl methyl sites for hydroxylation is 2. The predicted octanol–water partition coefficient (Wildman–Crippen LogP) is 11.8. The number of carbonyl (C=O) groups is 2. The molecule has 0 N–H and O–H groups in total. The SMILES string of the molecule is CC1(Cn2cc(-c3cc4c(nc3-c3cnc5c(c3)C(=O)N(CC3CC3)C5)[C@@H](F)CC4)cn2)CCCC1.CC1(Cn2cc(-c3cc4c(nc3-c3cnc5c(c3)C(=O)N(CC3CC3)C5)[C@H](F)CC4)cn2)CCCC1. The summed E-state index contributed by atoms with van der Waals surface area (Å²) in [6.07, 6.45) is 26.8. The molecule has 6 aliphatic carbocycles. The molecular formula is C58H64F2N10O2. The van der Waals surface area contributed by atoms with Gasteiger partial charge in [0.1, 0.15) is 12.3 Å². The molecule has 72 heavy (non-hydrogen) atoms. The van der Waals surface area contributed by atoms with Gasteiger partial charge < -0.3 is 9.80 Å². The monoisotopic (exact) mass is 971 g/mol. The fourth-order valence-electron chi connectivity index (χ4n) is 12.8. The summed E-state index contributed by atoms with van der Waals surface area (Å²) < 4.78 is 33.6. The molecule has 2 aliphatic heterocycles. The van der Waals surface area contributed by atoms with Gasteiger partial charge >= 0.3 is 0 Å². The quantitative estimate of drug-likeness (QED) is 0.119. The van der Waals surface area contributed by atoms with Crippen LogP contribution in [0, 0.1) is 22.7 Å². The second kappa shape index (κ2) is 17.8. The zero-order valence-electron chi connectivity index (χ0n) is 41.7. The summed E-state index contributed by atoms with van der Waals surface area (Å²) in [4.78, 5) is 49.2. The van der Waals surface area contributed by atoms with Crippen LogP contribution in [-0.2, 0) is 39.0 Å². The highest BCUT2D eigenvalue weighted by Gasteiger charge is 2.37. The Morgan fingerprint density at radius 2 is 0.958 bits per heavy atom. The summed E-state index contributed by atoms with van der Waals surface area (Å²) in [7, 11) is 0. The van der Waals surface area contributed by atoms with Crippen molar-refractivity contribution >= 4 is 11.8 Å². The van der Waals surface area contributed by atoms with E-state index < -0.39 is 12.3 Å². The Labute approximate surface area is 420 Å². The number of alkyl halides is 2. The third kappa shape index (κ3) is 8.73. The topological polar surface area (TPSA) is 128 Å². The van der Waals surface area contributed by atoms with E-state index in [0.29, 0.717) is 95.3 Å². The molecule has 6 aromatic rings. The average molecular weight is 971 g/mol. The lowest BCUT2D eigenvalue weighted by Gasteiger charge is -2.23. The van der Waals surface area contributed by atoms with Crippen LogP contribution >= 0.6 is 0 Å². The van der Waals surface area contributed by atoms with Crippen molar-refractivity contribution in [3.05, 3.63) is 106 Å². The van der Waals surface area contributed by atoms with Crippen LogP contribution < -0.4 is 0 Å². The summed E-state index contributed by atoms with van der Waals surface area (Å²) >= 11 is 0. The standard InChI is InChI=1S/2C29H32FN5O/c2*1-29(8-2-3-9-29)17-35-15-21(13-32-35)22-10-19-6-7-24(30)27(19)33-26(22)20-11-23-25(31-12-20)16-34(28(23)36)14-18-4-5-18/h2*10-13,15,18,24H,2-9,14,16-17H2,1H3/t2*24-/m10/s1. The molecule has 0 radical (unpaired) electrons. The van der Waals surface area contributed by atoms with Gasteiger partial charge in [-0.1, -0.05) is 39.5 Å². The lowest BCUT2D eigenvalue weighted by Crippen LogP contribution is -2.26. The number of fused-ring (bicyclic) bond motifs is 4. The first-order chi connectivity index (χ1) is 34.9. The van der Waals surface area contributed by atoms with Gasteiger partial charge in [0.05, 0.1) is 70.8 Å². The van der Waals surface area contributed by atoms with Crippen molar-refractivity contribution in [3.63, 3.8) is 0 Å². The third-order valence-corrected chi connectivity index (χ3v) is 17.3. The number of pyridine rings is 4. The fourth-order valence-corrected chi connectivity index (χ4v) is 12.8. The Bertz CT molecular complexity index is 2910. The molecule has 14 heteroatoms. The first-order valence-corrected chi connectivity index (χ1v) is 26.9. The van der Waals surface area contributed by atoms with Gasteiger partial charge in [-0.05, 0) is 135 Å². The van der Waals surface area contributed by atoms with Crippen molar-refractivity contribution in [2.75, 3.05) is 13.1 Å². The number of hydrogen-bond donors (Lipinski definition) is 0. The van der Waals surface area contributed by atoms with Crippen LogP contribution in [0.4, 0.5) is 8.78 Å². The Balaban J connectivity index is 0.000000140. The molecule has 8 heterocycles. The van der Waals surface area contributed by atoms with Gasteiger partial charge in [0.25, 0.3) is 11.8 Å². The van der Waals surface area contributed by atoms with Crippen LogP contribution in [-0.4, -0.2) is 74.2 Å². The molecular weight excluding hydrogens is 907 g/mol. The van der Waals surface area contributed by atoms with Crippen molar-refractivity contribution in [2.45, 2.75) is 155 Å². The van der Waals surface area contributed by atoms with Crippen molar-refractivity contribution in [2.24, 2.45) is 22.7 Å². The van der Waals surface area contributed by atoms with E-state index in [0.717, 1.165) is 82.1 Å². The molecule has 14 rings (SSSR count). The third-order valence-electron chi connectivity index (χ3n) is 17.3. The lowest BCUT2D eigenvalue weighted by atomic mass is 9.89. The molecule has 0 spiro atoms. The van der Waals surface area contributed by atoms with E-state index in [-0.39, 0.29) is 11.8 Å². The highest BCUT2D eigenvalue weighted by atomic mass is 19.1. The fraction of sp³-hybridized carbons (Fsp3) is 0.517. The van der Waals surface area contributed by atoms with Crippen LogP contribution in [0.1, 0.15) is 171 Å². The van der Waals surface area contributed by atoms with Crippen LogP contribution in [0.2, 0.25) is 0 Å². The van der Waals surface area contributed by atoms with E-state index in [1.165, 1.54) is 77.0 Å². The van der Waals surface area contributed by atoms with Gasteiger partial charge in [-0.2, -0.15) is 10.2 Å². The molecule has 8 aliphatic rings. The van der Waals surface area contributed by atoms with E-state index >= 15 is 0 Å². The van der Waals surface area contributed by atoms with Crippen molar-refractivity contribution in [1.82, 2.24) is 49.3 Å². The van der Waals surface area contributed by atoms with E-state index in [2.05, 4.69) is 57.7 Å². The molecule has 4 saturated carbocycles. The summed E-state index contributed by atoms with van der Waals surface area (Å²) in [6.45, 7) is 9.29. The minimum absolute atomic E-state index is 0.0509. The van der Waals surface area contributed by atoms with E-state index in [1.54, 1.807) is 12.4 Å². The van der Waals surface area contributed by atoms with Crippen LogP contribution in [0.5, 0.6) is 0 Å². The highest BCUT2D eigenvalue weighted by Crippen LogP contribution is 2.45. The molecule has 0 saturated heterocycles. The lowest BCUT2D eigenvalue weighted by molar-refractivity contribution is 0.0763. The molecule has 0 unspecified atom stereocenters. The number of carbonyl (C=O) groups excluding carboxylic acids is 2. The second-order valence-corrected chi connectivity index (χ2v) is 23.5. The molecule has 372 valence electrons. The minimum Gasteiger partial charge on any atom is -0.332 e. The van der Waals surface area contributed by atoms with Gasteiger partial charge in [-0.3, -0.25) is 28.9 Å². The minimum atomic E-state index is -1.05. The number of nitrogens with zero attached hydrogens (tertiary/aromatic N) is 10. The second-order valence-electron chi connectivity index (χ2n) is 23.5. The number of aromatic nitrogens is 8. The van der Waals surface area contributed by atoms with Gasteiger partial charge in [0.2, 0.25) is 0 Å². The molecule has 4 fully saturated rings. The number of rotatable bonds is 12. The van der Waals surface area contributed by atoms with Gasteiger partial charge in [-0.15, -0.1) is 0 Å². The van der Waals surface area contributed by atoms with Gasteiger partial charge in [-0.25, -0.2) is 18.7 Å². The van der Waals surface area contributed by atoms with Gasteiger partial charge in [0, 0.05) is 84.3 Å². The van der Waals surface area contributed by atoms with E-state index in [4.69, 9.17) is 20.2 Å². The number of amides is 2. The zero-order valence-corrected chi connectivity index (χ0v) is 41.7. The summed E-state index contributed by atoms with van der Waals surface area (Å²) in [5.41, 5.74) is 13.3. The molecule has 6 aromatic heterocycles. The Morgan fingerprint density at radius 3 is 1.36 bits per heavy atom. The molecule has 2 amide bonds. The summed E-state index contributed by atoms with van der Waals surface area (Å²) in [6, 6.07) is 8.01. The molecule has 0 aromatic carbocycles. The number of halogens is 2. The largest absolute Gasteiger partial charge is 0.332 e. The first-order valence-electron chi connectivity index (χ1n) is 26.9. The van der Waals surface area contributed by atoms with Crippen molar-refractivity contribution < 1.29 is 18.4 Å². The van der Waals surface area contributed by atoms with Gasteiger partial charge in [0.15, 0.2) is 0 Å². The maximum absolute atomic E-state index is 14.7. The smallest absolute Gasteiger partial charge is 0.256 e. The Hall–Kier alpha value is -6.18. The maximum atomic E-state index is 14.7. The highest BCUT2D eigenvalue weighted by molar-refractivity contribution is 6.00. The first kappa shape index (κ1) is 45.7. The Kier molecular flexibility index (Phi) is 11.3.